The van der Waals surface area contributed by atoms with Crippen LogP contribution >= 0.6 is 11.3 Å². The van der Waals surface area contributed by atoms with Crippen LogP contribution in [0.15, 0.2) is 76.3 Å². The molecular formula is C35H37F2N5O6S. The van der Waals surface area contributed by atoms with Crippen molar-refractivity contribution in [2.24, 2.45) is 0 Å². The van der Waals surface area contributed by atoms with E-state index in [4.69, 9.17) is 14.6 Å². The van der Waals surface area contributed by atoms with Gasteiger partial charge in [0.05, 0.1) is 30.8 Å². The van der Waals surface area contributed by atoms with Crippen LogP contribution in [0.25, 0.3) is 26.3 Å². The number of fused-ring (bicyclic) bond motifs is 1. The molecule has 3 aromatic carbocycles. The topological polar surface area (TPSA) is 127 Å². The Balaban J connectivity index is 1.76. The predicted octanol–water partition coefficient (Wildman–Crippen LogP) is 4.80. The zero-order chi connectivity index (χ0) is 35.1. The van der Waals surface area contributed by atoms with Gasteiger partial charge in [-0.05, 0) is 73.6 Å². The number of amides is 2. The fraction of sp³-hybridized carbons (Fsp3) is 0.286. The lowest BCUT2D eigenvalue weighted by Crippen LogP contribution is -2.39. The number of methoxy groups -OCH3 is 1. The van der Waals surface area contributed by atoms with E-state index in [1.807, 2.05) is 18.9 Å². The van der Waals surface area contributed by atoms with Crippen LogP contribution in [-0.2, 0) is 17.8 Å². The quantitative estimate of drug-likeness (QED) is 0.153. The summed E-state index contributed by atoms with van der Waals surface area (Å²) < 4.78 is 43.0. The Bertz CT molecular complexity index is 2020. The lowest BCUT2D eigenvalue weighted by atomic mass is 10.1. The fourth-order valence-electron chi connectivity index (χ4n) is 5.35. The summed E-state index contributed by atoms with van der Waals surface area (Å²) in [7, 11) is 3.47. The number of nitrogens with one attached hydrogen (secondary N) is 2. The molecule has 2 aromatic heterocycles. The number of aliphatic hydroxyl groups excluding tert-OH is 1. The monoisotopic (exact) mass is 693 g/mol. The van der Waals surface area contributed by atoms with Crippen LogP contribution < -0.4 is 26.6 Å². The Morgan fingerprint density at radius 2 is 1.67 bits per heavy atom. The number of aliphatic hydroxyl groups is 1. The van der Waals surface area contributed by atoms with Gasteiger partial charge < -0.3 is 25.2 Å². The van der Waals surface area contributed by atoms with Gasteiger partial charge in [0.25, 0.3) is 5.56 Å². The molecule has 0 saturated heterocycles. The van der Waals surface area contributed by atoms with Crippen LogP contribution in [0.1, 0.15) is 18.1 Å². The molecule has 2 heterocycles. The number of ether oxygens (including phenoxy) is 2. The Kier molecular flexibility index (Phi) is 11.6. The van der Waals surface area contributed by atoms with Crippen molar-refractivity contribution in [3.05, 3.63) is 110 Å². The van der Waals surface area contributed by atoms with Gasteiger partial charge in [0.1, 0.15) is 28.8 Å². The predicted molar refractivity (Wildman–Crippen MR) is 186 cm³/mol. The first kappa shape index (κ1) is 35.4. The number of halogens is 2. The molecule has 0 unspecified atom stereocenters. The minimum Gasteiger partial charge on any atom is -0.491 e. The highest BCUT2D eigenvalue weighted by atomic mass is 32.1. The van der Waals surface area contributed by atoms with Gasteiger partial charge in [-0.1, -0.05) is 18.2 Å². The minimum atomic E-state index is -0.824. The largest absolute Gasteiger partial charge is 0.491 e. The zero-order valence-corrected chi connectivity index (χ0v) is 28.1. The lowest BCUT2D eigenvalue weighted by molar-refractivity contribution is 0.159. The Morgan fingerprint density at radius 1 is 0.980 bits per heavy atom. The van der Waals surface area contributed by atoms with Crippen LogP contribution in [0.5, 0.6) is 5.75 Å². The highest BCUT2D eigenvalue weighted by Gasteiger charge is 2.25. The van der Waals surface area contributed by atoms with E-state index >= 15 is 8.78 Å². The first-order valence-corrected chi connectivity index (χ1v) is 16.4. The number of hydrogen-bond donors (Lipinski definition) is 3. The summed E-state index contributed by atoms with van der Waals surface area (Å²) >= 11 is 1.18. The van der Waals surface area contributed by atoms with E-state index in [1.54, 1.807) is 43.5 Å². The van der Waals surface area contributed by atoms with Crippen LogP contribution in [0.4, 0.5) is 19.3 Å². The van der Waals surface area contributed by atoms with Gasteiger partial charge in [-0.25, -0.2) is 22.9 Å². The molecule has 0 spiro atoms. The first-order valence-electron chi connectivity index (χ1n) is 15.6. The highest BCUT2D eigenvalue weighted by molar-refractivity contribution is 7.22. The lowest BCUT2D eigenvalue weighted by Gasteiger charge is -2.18. The first-order chi connectivity index (χ1) is 23.7. The molecule has 3 N–H and O–H groups in total. The molecule has 0 aliphatic rings. The molecule has 5 rings (SSSR count). The summed E-state index contributed by atoms with van der Waals surface area (Å²) in [5.41, 5.74) is 0.411. The van der Waals surface area contributed by atoms with Crippen molar-refractivity contribution in [1.82, 2.24) is 19.4 Å². The standard InChI is InChI=1S/C35H37F2N5O6S/c1-4-38-34(45)39-23-10-8-22(9-11-23)31-27(20-40(2)16-18-47-3)30-32(44)42(24-12-14-25(15-13-24)48-19-17-43)35(46)41(33(30)49-31)21-26-28(36)6-5-7-29(26)37/h5-15,43H,4,16-21H2,1-3H3,(H2,38,39,45). The fourth-order valence-corrected chi connectivity index (χ4v) is 6.66. The number of carbonyl (C=O) groups is 1. The van der Waals surface area contributed by atoms with Gasteiger partial charge in [-0.15, -0.1) is 11.3 Å². The number of benzene rings is 3. The van der Waals surface area contributed by atoms with Crippen molar-refractivity contribution in [2.75, 3.05) is 52.4 Å². The Labute approximate surface area is 284 Å². The average molecular weight is 694 g/mol. The molecule has 2 amide bonds. The normalized spacial score (nSPS) is 11.3. The molecule has 49 heavy (non-hydrogen) atoms. The van der Waals surface area contributed by atoms with Crippen LogP contribution in [-0.4, -0.2) is 72.2 Å². The van der Waals surface area contributed by atoms with Crippen molar-refractivity contribution < 1.29 is 28.2 Å². The van der Waals surface area contributed by atoms with E-state index < -0.39 is 29.4 Å². The molecule has 0 atom stereocenters. The van der Waals surface area contributed by atoms with Gasteiger partial charge in [-0.3, -0.25) is 14.3 Å². The molecule has 0 bridgehead atoms. The third-order valence-corrected chi connectivity index (χ3v) is 9.06. The van der Waals surface area contributed by atoms with E-state index in [2.05, 4.69) is 10.6 Å². The van der Waals surface area contributed by atoms with E-state index in [1.165, 1.54) is 34.1 Å². The van der Waals surface area contributed by atoms with Gasteiger partial charge in [0.15, 0.2) is 0 Å². The summed E-state index contributed by atoms with van der Waals surface area (Å²) in [6, 6.07) is 16.4. The molecule has 0 aliphatic heterocycles. The number of rotatable bonds is 14. The van der Waals surface area contributed by atoms with E-state index in [-0.39, 0.29) is 47.3 Å². The molecule has 258 valence electrons. The third-order valence-electron chi connectivity index (χ3n) is 7.75. The second kappa shape index (κ2) is 16.0. The average Bonchev–Trinajstić information content (AvgIpc) is 3.45. The number of thiophene rings is 1. The number of carbonyl (C=O) groups excluding carboxylic acids is 1. The third kappa shape index (κ3) is 7.89. The molecule has 14 heteroatoms. The number of anilines is 1. The highest BCUT2D eigenvalue weighted by Crippen LogP contribution is 2.38. The Morgan fingerprint density at radius 3 is 2.31 bits per heavy atom. The van der Waals surface area contributed by atoms with Gasteiger partial charge in [0.2, 0.25) is 0 Å². The maximum absolute atomic E-state index is 15.0. The molecular weight excluding hydrogens is 656 g/mol. The van der Waals surface area contributed by atoms with E-state index in [9.17, 15) is 14.4 Å². The second-order valence-corrected chi connectivity index (χ2v) is 12.2. The molecule has 0 fully saturated rings. The van der Waals surface area contributed by atoms with Crippen LogP contribution in [0, 0.1) is 11.6 Å². The second-order valence-electron chi connectivity index (χ2n) is 11.2. The van der Waals surface area contributed by atoms with Crippen molar-refractivity contribution >= 4 is 33.3 Å². The van der Waals surface area contributed by atoms with E-state index in [0.717, 1.165) is 16.7 Å². The van der Waals surface area contributed by atoms with Crippen molar-refractivity contribution in [1.29, 1.82) is 0 Å². The number of nitrogens with zero attached hydrogens (tertiary/aromatic N) is 3. The molecule has 5 aromatic rings. The van der Waals surface area contributed by atoms with Gasteiger partial charge >= 0.3 is 11.7 Å². The molecule has 0 saturated carbocycles. The van der Waals surface area contributed by atoms with Gasteiger partial charge in [-0.2, -0.15) is 0 Å². The van der Waals surface area contributed by atoms with Crippen LogP contribution in [0.3, 0.4) is 0 Å². The number of likely N-dealkylation sites (N-methyl/N-ethyl adjacent to an activating group) is 1. The van der Waals surface area contributed by atoms with Crippen LogP contribution in [0.2, 0.25) is 0 Å². The minimum absolute atomic E-state index is 0.0624. The zero-order valence-electron chi connectivity index (χ0n) is 27.3. The Hall–Kier alpha value is -4.89. The van der Waals surface area contributed by atoms with Crippen molar-refractivity contribution in [3.8, 4) is 21.9 Å². The SMILES string of the molecule is CCNC(=O)Nc1ccc(-c2sc3c(c2CN(C)CCOC)c(=O)n(-c2ccc(OCCO)cc2)c(=O)n3Cc2c(F)cccc2F)cc1. The van der Waals surface area contributed by atoms with Crippen molar-refractivity contribution in [3.63, 3.8) is 0 Å². The summed E-state index contributed by atoms with van der Waals surface area (Å²) in [6.45, 7) is 2.92. The van der Waals surface area contributed by atoms with E-state index in [0.29, 0.717) is 47.1 Å². The summed E-state index contributed by atoms with van der Waals surface area (Å²) in [5.74, 6) is -1.23. The maximum atomic E-state index is 15.0. The van der Waals surface area contributed by atoms with Gasteiger partial charge in [0, 0.05) is 42.9 Å². The summed E-state index contributed by atoms with van der Waals surface area (Å²) in [6.07, 6.45) is 0. The maximum Gasteiger partial charge on any atom is 0.337 e. The number of aromatic nitrogens is 2. The molecule has 0 radical (unpaired) electrons. The smallest absolute Gasteiger partial charge is 0.337 e. The number of urea groups is 1. The summed E-state index contributed by atoms with van der Waals surface area (Å²) in [5, 5.41) is 14.8. The number of hydrogen-bond acceptors (Lipinski definition) is 8. The summed E-state index contributed by atoms with van der Waals surface area (Å²) in [4.78, 5) is 43.7. The van der Waals surface area contributed by atoms with Crippen molar-refractivity contribution in [2.45, 2.75) is 20.0 Å². The molecule has 0 aliphatic carbocycles. The molecule has 11 nitrogen and oxygen atoms in total.